The first-order valence-electron chi connectivity index (χ1n) is 7.67. The summed E-state index contributed by atoms with van der Waals surface area (Å²) in [5.74, 6) is -0.642. The molecule has 2 heterocycles. The minimum Gasteiger partial charge on any atom is -0.466 e. The molecule has 0 aliphatic carbocycles. The maximum atomic E-state index is 12.4. The van der Waals surface area contributed by atoms with Gasteiger partial charge in [-0.3, -0.25) is 4.79 Å². The highest BCUT2D eigenvalue weighted by Crippen LogP contribution is 2.20. The second-order valence-corrected chi connectivity index (χ2v) is 7.32. The van der Waals surface area contributed by atoms with Crippen molar-refractivity contribution in [3.63, 3.8) is 0 Å². The zero-order chi connectivity index (χ0) is 15.3. The molecule has 8 heteroatoms. The SMILES string of the molecule is CCOC(=O)C1CCCN(S(=O)(=O)NC2CCCNC2)C1. The third-order valence-corrected chi connectivity index (χ3v) is 5.60. The molecule has 21 heavy (non-hydrogen) atoms. The van der Waals surface area contributed by atoms with Crippen molar-refractivity contribution in [3.05, 3.63) is 0 Å². The Morgan fingerprint density at radius 3 is 2.86 bits per heavy atom. The van der Waals surface area contributed by atoms with Crippen LogP contribution in [-0.4, -0.2) is 57.5 Å². The number of hydrogen-bond acceptors (Lipinski definition) is 5. The molecule has 2 unspecified atom stereocenters. The number of esters is 1. The van der Waals surface area contributed by atoms with Crippen LogP contribution in [0.2, 0.25) is 0 Å². The van der Waals surface area contributed by atoms with Crippen LogP contribution in [0, 0.1) is 5.92 Å². The fourth-order valence-corrected chi connectivity index (χ4v) is 4.37. The van der Waals surface area contributed by atoms with Gasteiger partial charge in [0.15, 0.2) is 0 Å². The van der Waals surface area contributed by atoms with Gasteiger partial charge in [-0.05, 0) is 39.2 Å². The molecule has 0 bridgehead atoms. The third-order valence-electron chi connectivity index (χ3n) is 3.96. The first-order chi connectivity index (χ1) is 10.0. The summed E-state index contributed by atoms with van der Waals surface area (Å²) in [7, 11) is -3.53. The van der Waals surface area contributed by atoms with Crippen LogP contribution in [0.4, 0.5) is 0 Å². The highest BCUT2D eigenvalue weighted by molar-refractivity contribution is 7.87. The van der Waals surface area contributed by atoms with Crippen molar-refractivity contribution in [3.8, 4) is 0 Å². The van der Waals surface area contributed by atoms with Gasteiger partial charge in [0.1, 0.15) is 0 Å². The van der Waals surface area contributed by atoms with Crippen molar-refractivity contribution < 1.29 is 17.9 Å². The summed E-state index contributed by atoms with van der Waals surface area (Å²) in [5, 5.41) is 3.18. The molecular formula is C13H25N3O4S. The van der Waals surface area contributed by atoms with E-state index >= 15 is 0 Å². The Kier molecular flexibility index (Phi) is 5.98. The molecule has 122 valence electrons. The van der Waals surface area contributed by atoms with Crippen molar-refractivity contribution in [1.29, 1.82) is 0 Å². The highest BCUT2D eigenvalue weighted by atomic mass is 32.2. The number of carbonyl (C=O) groups excluding carboxylic acids is 1. The summed E-state index contributed by atoms with van der Waals surface area (Å²) >= 11 is 0. The predicted molar refractivity (Wildman–Crippen MR) is 78.9 cm³/mol. The van der Waals surface area contributed by atoms with E-state index in [2.05, 4.69) is 10.0 Å². The molecule has 2 rings (SSSR count). The van der Waals surface area contributed by atoms with Gasteiger partial charge in [-0.2, -0.15) is 17.4 Å². The maximum Gasteiger partial charge on any atom is 0.310 e. The number of nitrogens with one attached hydrogen (secondary N) is 2. The van der Waals surface area contributed by atoms with Gasteiger partial charge in [-0.1, -0.05) is 0 Å². The standard InChI is InChI=1S/C13H25N3O4S/c1-2-20-13(17)11-5-4-8-16(10-11)21(18,19)15-12-6-3-7-14-9-12/h11-12,14-15H,2-10H2,1H3. The van der Waals surface area contributed by atoms with E-state index in [0.717, 1.165) is 19.4 Å². The fraction of sp³-hybridized carbons (Fsp3) is 0.923. The van der Waals surface area contributed by atoms with Gasteiger partial charge >= 0.3 is 5.97 Å². The first kappa shape index (κ1) is 16.7. The van der Waals surface area contributed by atoms with E-state index in [9.17, 15) is 13.2 Å². The average molecular weight is 319 g/mol. The van der Waals surface area contributed by atoms with Crippen LogP contribution in [-0.2, 0) is 19.7 Å². The van der Waals surface area contributed by atoms with Crippen LogP contribution in [0.15, 0.2) is 0 Å². The quantitative estimate of drug-likeness (QED) is 0.688. The van der Waals surface area contributed by atoms with Crippen LogP contribution in [0.25, 0.3) is 0 Å². The minimum absolute atomic E-state index is 0.0632. The Morgan fingerprint density at radius 1 is 1.38 bits per heavy atom. The number of carbonyl (C=O) groups is 1. The second kappa shape index (κ2) is 7.53. The van der Waals surface area contributed by atoms with Crippen LogP contribution in [0.3, 0.4) is 0 Å². The third kappa shape index (κ3) is 4.64. The summed E-state index contributed by atoms with van der Waals surface area (Å²) in [6.07, 6.45) is 3.20. The number of rotatable bonds is 5. The van der Waals surface area contributed by atoms with E-state index in [-0.39, 0.29) is 24.5 Å². The van der Waals surface area contributed by atoms with Gasteiger partial charge in [0.25, 0.3) is 10.2 Å². The molecule has 2 saturated heterocycles. The monoisotopic (exact) mass is 319 g/mol. The van der Waals surface area contributed by atoms with E-state index in [1.165, 1.54) is 4.31 Å². The Hall–Kier alpha value is -0.700. The Labute approximate surface area is 126 Å². The maximum absolute atomic E-state index is 12.4. The molecule has 0 spiro atoms. The lowest BCUT2D eigenvalue weighted by molar-refractivity contribution is -0.149. The van der Waals surface area contributed by atoms with Crippen LogP contribution >= 0.6 is 0 Å². The molecule has 2 fully saturated rings. The molecule has 0 saturated carbocycles. The van der Waals surface area contributed by atoms with Crippen molar-refractivity contribution in [2.75, 3.05) is 32.8 Å². The van der Waals surface area contributed by atoms with Crippen LogP contribution < -0.4 is 10.0 Å². The molecule has 2 atom stereocenters. The van der Waals surface area contributed by atoms with E-state index in [0.29, 0.717) is 32.5 Å². The first-order valence-corrected chi connectivity index (χ1v) is 9.11. The average Bonchev–Trinajstić information content (AvgIpc) is 2.48. The van der Waals surface area contributed by atoms with Crippen LogP contribution in [0.1, 0.15) is 32.6 Å². The predicted octanol–water partition coefficient (Wildman–Crippen LogP) is -0.152. The Bertz CT molecular complexity index is 448. The van der Waals surface area contributed by atoms with Gasteiger partial charge < -0.3 is 10.1 Å². The molecule has 0 aromatic heterocycles. The Balaban J connectivity index is 1.93. The zero-order valence-corrected chi connectivity index (χ0v) is 13.3. The lowest BCUT2D eigenvalue weighted by Crippen LogP contribution is -2.53. The topological polar surface area (TPSA) is 87.7 Å². The minimum atomic E-state index is -3.53. The molecule has 2 aliphatic rings. The van der Waals surface area contributed by atoms with Gasteiger partial charge in [0.2, 0.25) is 0 Å². The van der Waals surface area contributed by atoms with Gasteiger partial charge in [0, 0.05) is 25.7 Å². The number of nitrogens with zero attached hydrogens (tertiary/aromatic N) is 1. The molecule has 2 N–H and O–H groups in total. The van der Waals surface area contributed by atoms with E-state index < -0.39 is 10.2 Å². The lowest BCUT2D eigenvalue weighted by Gasteiger charge is -2.33. The van der Waals surface area contributed by atoms with E-state index in [1.54, 1.807) is 6.92 Å². The summed E-state index contributed by atoms with van der Waals surface area (Å²) in [5.41, 5.74) is 0. The van der Waals surface area contributed by atoms with Gasteiger partial charge in [-0.15, -0.1) is 0 Å². The second-order valence-electron chi connectivity index (χ2n) is 5.62. The summed E-state index contributed by atoms with van der Waals surface area (Å²) < 4.78 is 34.0. The van der Waals surface area contributed by atoms with Crippen molar-refractivity contribution in [2.24, 2.45) is 5.92 Å². The number of piperidine rings is 2. The van der Waals surface area contributed by atoms with Gasteiger partial charge in [0.05, 0.1) is 12.5 Å². The van der Waals surface area contributed by atoms with Crippen LogP contribution in [0.5, 0.6) is 0 Å². The molecule has 0 aromatic carbocycles. The fourth-order valence-electron chi connectivity index (χ4n) is 2.85. The van der Waals surface area contributed by atoms with Crippen molar-refractivity contribution in [2.45, 2.75) is 38.6 Å². The normalized spacial score (nSPS) is 28.2. The highest BCUT2D eigenvalue weighted by Gasteiger charge is 2.34. The van der Waals surface area contributed by atoms with Crippen molar-refractivity contribution in [1.82, 2.24) is 14.3 Å². The summed E-state index contributed by atoms with van der Waals surface area (Å²) in [6, 6.07) is -0.0632. The largest absolute Gasteiger partial charge is 0.466 e. The molecule has 7 nitrogen and oxygen atoms in total. The molecule has 2 aliphatic heterocycles. The molecule has 0 amide bonds. The molecule has 0 aromatic rings. The number of ether oxygens (including phenoxy) is 1. The van der Waals surface area contributed by atoms with E-state index in [1.807, 2.05) is 0 Å². The smallest absolute Gasteiger partial charge is 0.310 e. The Morgan fingerprint density at radius 2 is 2.19 bits per heavy atom. The summed E-state index contributed by atoms with van der Waals surface area (Å²) in [6.45, 7) is 4.36. The summed E-state index contributed by atoms with van der Waals surface area (Å²) in [4.78, 5) is 11.8. The zero-order valence-electron chi connectivity index (χ0n) is 12.5. The lowest BCUT2D eigenvalue weighted by atomic mass is 10.0. The molecule has 0 radical (unpaired) electrons. The number of hydrogen-bond donors (Lipinski definition) is 2. The molecular weight excluding hydrogens is 294 g/mol. The van der Waals surface area contributed by atoms with Gasteiger partial charge in [-0.25, -0.2) is 0 Å². The van der Waals surface area contributed by atoms with Crippen molar-refractivity contribution >= 4 is 16.2 Å². The van der Waals surface area contributed by atoms with E-state index in [4.69, 9.17) is 4.74 Å².